The van der Waals surface area contributed by atoms with Gasteiger partial charge in [0.2, 0.25) is 5.82 Å². The minimum absolute atomic E-state index is 0.138. The highest BCUT2D eigenvalue weighted by molar-refractivity contribution is 5.94. The average molecular weight is 378 g/mol. The summed E-state index contributed by atoms with van der Waals surface area (Å²) in [6.07, 6.45) is -5.85. The second-order valence-electron chi connectivity index (χ2n) is 6.08. The van der Waals surface area contributed by atoms with Crippen molar-refractivity contribution in [2.45, 2.75) is 25.7 Å². The number of carbonyl (C=O) groups excluding carboxylic acids is 1. The average Bonchev–Trinajstić information content (AvgIpc) is 2.99. The number of aliphatic hydroxyl groups is 1. The number of ether oxygens (including phenoxy) is 1. The smallest absolute Gasteiger partial charge is 0.449 e. The number of hydrogen-bond donors (Lipinski definition) is 1. The minimum Gasteiger partial charge on any atom is -0.491 e. The lowest BCUT2D eigenvalue weighted by Crippen LogP contribution is -2.26. The molecule has 0 aliphatic carbocycles. The molecule has 0 bridgehead atoms. The first-order valence-corrected chi connectivity index (χ1v) is 8.20. The predicted octanol–water partition coefficient (Wildman–Crippen LogP) is 3.70. The van der Waals surface area contributed by atoms with E-state index in [1.807, 2.05) is 0 Å². The number of fused-ring (bicyclic) bond motifs is 1. The molecule has 0 fully saturated rings. The fraction of sp³-hybridized carbons (Fsp3) is 0.263. The van der Waals surface area contributed by atoms with Crippen molar-refractivity contribution in [2.24, 2.45) is 0 Å². The lowest BCUT2D eigenvalue weighted by molar-refractivity contribution is -0.147. The topological polar surface area (TPSA) is 64.3 Å². The van der Waals surface area contributed by atoms with Crippen LogP contribution in [0, 0.1) is 0 Å². The van der Waals surface area contributed by atoms with Crippen molar-refractivity contribution in [3.8, 4) is 5.75 Å². The third-order valence-electron chi connectivity index (χ3n) is 3.98. The van der Waals surface area contributed by atoms with E-state index in [2.05, 4.69) is 4.98 Å². The number of para-hydroxylation sites is 2. The molecule has 2 aromatic carbocycles. The van der Waals surface area contributed by atoms with Crippen molar-refractivity contribution >= 4 is 16.8 Å². The van der Waals surface area contributed by atoms with Gasteiger partial charge in [0.25, 0.3) is 0 Å². The largest absolute Gasteiger partial charge is 0.491 e. The number of Topliss-reactive ketones (excluding diaryl/α,β-unsaturated/α-hetero) is 1. The molecule has 0 unspecified atom stereocenters. The summed E-state index contributed by atoms with van der Waals surface area (Å²) in [5.74, 6) is -0.852. The van der Waals surface area contributed by atoms with Gasteiger partial charge in [0.05, 0.1) is 17.6 Å². The van der Waals surface area contributed by atoms with Gasteiger partial charge in [-0.05, 0) is 31.2 Å². The number of aromatic nitrogens is 2. The van der Waals surface area contributed by atoms with E-state index in [0.29, 0.717) is 11.3 Å². The van der Waals surface area contributed by atoms with Crippen LogP contribution in [0.15, 0.2) is 48.5 Å². The molecule has 3 rings (SSSR count). The first-order chi connectivity index (χ1) is 12.8. The van der Waals surface area contributed by atoms with Gasteiger partial charge in [-0.2, -0.15) is 13.2 Å². The Labute approximate surface area is 153 Å². The summed E-state index contributed by atoms with van der Waals surface area (Å²) >= 11 is 0. The number of rotatable bonds is 6. The Morgan fingerprint density at radius 3 is 2.67 bits per heavy atom. The van der Waals surface area contributed by atoms with Gasteiger partial charge in [-0.1, -0.05) is 24.3 Å². The normalized spacial score (nSPS) is 12.9. The Morgan fingerprint density at radius 1 is 1.22 bits per heavy atom. The highest BCUT2D eigenvalue weighted by atomic mass is 19.4. The molecule has 0 saturated carbocycles. The Hall–Kier alpha value is -2.87. The SMILES string of the molecule is CC(=O)c1cccc(OC[C@H](O)Cn2c(C(F)(F)F)nc3ccccc32)c1. The van der Waals surface area contributed by atoms with Crippen LogP contribution >= 0.6 is 0 Å². The number of ketones is 1. The van der Waals surface area contributed by atoms with Crippen LogP contribution in [0.2, 0.25) is 0 Å². The monoisotopic (exact) mass is 378 g/mol. The summed E-state index contributed by atoms with van der Waals surface area (Å²) in [5, 5.41) is 10.2. The van der Waals surface area contributed by atoms with Gasteiger partial charge >= 0.3 is 6.18 Å². The third kappa shape index (κ3) is 4.28. The van der Waals surface area contributed by atoms with Crippen molar-refractivity contribution < 1.29 is 27.8 Å². The summed E-state index contributed by atoms with van der Waals surface area (Å²) in [6, 6.07) is 12.6. The molecular weight excluding hydrogens is 361 g/mol. The molecule has 0 saturated heterocycles. The van der Waals surface area contributed by atoms with E-state index in [1.165, 1.54) is 25.1 Å². The van der Waals surface area contributed by atoms with Crippen molar-refractivity contribution in [3.63, 3.8) is 0 Å². The van der Waals surface area contributed by atoms with Gasteiger partial charge in [0.15, 0.2) is 5.78 Å². The van der Waals surface area contributed by atoms with E-state index < -0.39 is 18.1 Å². The van der Waals surface area contributed by atoms with Crippen LogP contribution < -0.4 is 4.74 Å². The minimum atomic E-state index is -4.64. The van der Waals surface area contributed by atoms with E-state index in [9.17, 15) is 23.1 Å². The van der Waals surface area contributed by atoms with Gasteiger partial charge in [0, 0.05) is 5.56 Å². The number of carbonyl (C=O) groups is 1. The van der Waals surface area contributed by atoms with Crippen LogP contribution in [0.3, 0.4) is 0 Å². The summed E-state index contributed by atoms with van der Waals surface area (Å²) in [7, 11) is 0. The number of aliphatic hydroxyl groups excluding tert-OH is 1. The van der Waals surface area contributed by atoms with E-state index in [1.54, 1.807) is 30.3 Å². The fourth-order valence-corrected chi connectivity index (χ4v) is 2.74. The maximum Gasteiger partial charge on any atom is 0.449 e. The van der Waals surface area contributed by atoms with Gasteiger partial charge in [0.1, 0.15) is 18.5 Å². The summed E-state index contributed by atoms with van der Waals surface area (Å²) in [6.45, 7) is 0.851. The molecule has 0 aliphatic heterocycles. The van der Waals surface area contributed by atoms with E-state index in [-0.39, 0.29) is 30.0 Å². The molecule has 27 heavy (non-hydrogen) atoms. The van der Waals surface area contributed by atoms with E-state index in [0.717, 1.165) is 4.57 Å². The highest BCUT2D eigenvalue weighted by Gasteiger charge is 2.37. The fourth-order valence-electron chi connectivity index (χ4n) is 2.74. The van der Waals surface area contributed by atoms with Crippen LogP contribution in [-0.2, 0) is 12.7 Å². The molecule has 1 aromatic heterocycles. The van der Waals surface area contributed by atoms with Crippen molar-refractivity contribution in [3.05, 3.63) is 59.9 Å². The second-order valence-corrected chi connectivity index (χ2v) is 6.08. The van der Waals surface area contributed by atoms with Gasteiger partial charge < -0.3 is 14.4 Å². The summed E-state index contributed by atoms with van der Waals surface area (Å²) in [4.78, 5) is 15.0. The maximum absolute atomic E-state index is 13.3. The van der Waals surface area contributed by atoms with Crippen LogP contribution in [0.5, 0.6) is 5.75 Å². The van der Waals surface area contributed by atoms with Gasteiger partial charge in [-0.3, -0.25) is 4.79 Å². The Kier molecular flexibility index (Phi) is 5.18. The molecule has 5 nitrogen and oxygen atoms in total. The third-order valence-corrected chi connectivity index (χ3v) is 3.98. The molecule has 0 radical (unpaired) electrons. The van der Waals surface area contributed by atoms with Crippen LogP contribution in [0.25, 0.3) is 11.0 Å². The molecule has 0 aliphatic rings. The zero-order chi connectivity index (χ0) is 19.6. The molecule has 0 amide bonds. The Balaban J connectivity index is 1.77. The number of hydrogen-bond acceptors (Lipinski definition) is 4. The van der Waals surface area contributed by atoms with E-state index >= 15 is 0 Å². The zero-order valence-corrected chi connectivity index (χ0v) is 14.4. The van der Waals surface area contributed by atoms with Crippen molar-refractivity contribution in [1.29, 1.82) is 0 Å². The molecule has 8 heteroatoms. The van der Waals surface area contributed by atoms with Gasteiger partial charge in [-0.25, -0.2) is 4.98 Å². The Morgan fingerprint density at radius 2 is 1.96 bits per heavy atom. The molecule has 0 spiro atoms. The molecule has 1 N–H and O–H groups in total. The van der Waals surface area contributed by atoms with E-state index in [4.69, 9.17) is 4.74 Å². The van der Waals surface area contributed by atoms with Gasteiger partial charge in [-0.15, -0.1) is 0 Å². The Bertz CT molecular complexity index is 966. The molecular formula is C19H17F3N2O3. The van der Waals surface area contributed by atoms with Crippen LogP contribution in [-0.4, -0.2) is 33.2 Å². The molecule has 3 aromatic rings. The number of nitrogens with zero attached hydrogens (tertiary/aromatic N) is 2. The maximum atomic E-state index is 13.3. The predicted molar refractivity (Wildman–Crippen MR) is 92.7 cm³/mol. The van der Waals surface area contributed by atoms with Crippen LogP contribution in [0.1, 0.15) is 23.1 Å². The quantitative estimate of drug-likeness (QED) is 0.665. The number of imidazole rings is 1. The van der Waals surface area contributed by atoms with Crippen molar-refractivity contribution in [1.82, 2.24) is 9.55 Å². The highest BCUT2D eigenvalue weighted by Crippen LogP contribution is 2.31. The lowest BCUT2D eigenvalue weighted by Gasteiger charge is -2.16. The number of halogens is 3. The first-order valence-electron chi connectivity index (χ1n) is 8.20. The standard InChI is InChI=1S/C19H17F3N2O3/c1-12(25)13-5-4-6-15(9-13)27-11-14(26)10-24-17-8-3-2-7-16(17)23-18(24)19(20,21)22/h2-9,14,26H,10-11H2,1H3/t14-/m1/s1. The summed E-state index contributed by atoms with van der Waals surface area (Å²) < 4.78 is 46.2. The van der Waals surface area contributed by atoms with Crippen molar-refractivity contribution in [2.75, 3.05) is 6.61 Å². The number of alkyl halides is 3. The zero-order valence-electron chi connectivity index (χ0n) is 14.4. The summed E-state index contributed by atoms with van der Waals surface area (Å²) in [5.41, 5.74) is 0.927. The number of benzene rings is 2. The molecule has 142 valence electrons. The van der Waals surface area contributed by atoms with Crippen LogP contribution in [0.4, 0.5) is 13.2 Å². The molecule has 1 atom stereocenters. The first kappa shape index (κ1) is 18.9. The molecule has 1 heterocycles. The lowest BCUT2D eigenvalue weighted by atomic mass is 10.1. The second kappa shape index (κ2) is 7.40.